The number of phenolic OH excluding ortho intramolecular Hbond substituents is 1. The van der Waals surface area contributed by atoms with Gasteiger partial charge in [0.15, 0.2) is 17.0 Å². The number of aromatic nitrogens is 4. The van der Waals surface area contributed by atoms with Crippen molar-refractivity contribution in [1.29, 1.82) is 0 Å². The molecule has 0 spiro atoms. The van der Waals surface area contributed by atoms with Crippen LogP contribution >= 0.6 is 15.2 Å². The topological polar surface area (TPSA) is 229 Å². The number of aryl methyl sites for hydroxylation is 2. The van der Waals surface area contributed by atoms with Crippen molar-refractivity contribution in [2.75, 3.05) is 10.6 Å². The minimum atomic E-state index is -5.03. The Balaban J connectivity index is 1.51. The summed E-state index contributed by atoms with van der Waals surface area (Å²) >= 11 is 0. The Morgan fingerprint density at radius 2 is 1.68 bits per heavy atom. The van der Waals surface area contributed by atoms with E-state index >= 15 is 0 Å². The number of hydrogen-bond donors (Lipinski definition) is 8. The second-order valence-electron chi connectivity index (χ2n) is 10.1. The molecule has 1 fully saturated rings. The molecule has 1 saturated carbocycles. The number of aromatic hydroxyl groups is 1. The quantitative estimate of drug-likeness (QED) is 0.128. The Morgan fingerprint density at radius 1 is 0.951 bits per heavy atom. The zero-order chi connectivity index (χ0) is 29.4. The van der Waals surface area contributed by atoms with Crippen molar-refractivity contribution in [2.45, 2.75) is 50.7 Å². The van der Waals surface area contributed by atoms with Crippen LogP contribution in [-0.4, -0.2) is 56.3 Å². The molecule has 218 valence electrons. The molecule has 0 saturated heterocycles. The van der Waals surface area contributed by atoms with Gasteiger partial charge in [-0.3, -0.25) is 9.13 Å². The molecule has 2 aromatic carbocycles. The predicted octanol–water partition coefficient (Wildman–Crippen LogP) is 1.81. The summed E-state index contributed by atoms with van der Waals surface area (Å²) in [6.07, 6.45) is 5.61. The van der Waals surface area contributed by atoms with Gasteiger partial charge in [0, 0.05) is 24.3 Å². The minimum Gasteiger partial charge on any atom is -0.508 e. The minimum absolute atomic E-state index is 0.104. The molecule has 5 rings (SSSR count). The van der Waals surface area contributed by atoms with Gasteiger partial charge in [0.2, 0.25) is 5.95 Å². The number of hydrogen-bond acceptors (Lipinski definition) is 9. The lowest BCUT2D eigenvalue weighted by Crippen LogP contribution is -2.33. The average molecular weight is 604 g/mol. The van der Waals surface area contributed by atoms with Gasteiger partial charge in [-0.05, 0) is 68.0 Å². The van der Waals surface area contributed by atoms with Gasteiger partial charge >= 0.3 is 15.2 Å². The lowest BCUT2D eigenvalue weighted by Gasteiger charge is -2.27. The lowest BCUT2D eigenvalue weighted by molar-refractivity contribution is 0.381. The molecule has 0 aliphatic heterocycles. The third-order valence-electron chi connectivity index (χ3n) is 6.99. The Bertz CT molecular complexity index is 1660. The molecule has 1 aliphatic carbocycles. The van der Waals surface area contributed by atoms with Crippen molar-refractivity contribution in [1.82, 2.24) is 19.5 Å². The first-order valence-electron chi connectivity index (χ1n) is 12.9. The van der Waals surface area contributed by atoms with E-state index in [0.29, 0.717) is 30.1 Å². The van der Waals surface area contributed by atoms with Crippen LogP contribution in [0.25, 0.3) is 11.2 Å². The Labute approximate surface area is 235 Å². The van der Waals surface area contributed by atoms with E-state index in [1.54, 1.807) is 24.5 Å². The Hall–Kier alpha value is -3.35. The van der Waals surface area contributed by atoms with Crippen LogP contribution in [0, 0.1) is 0 Å². The summed E-state index contributed by atoms with van der Waals surface area (Å²) in [5.41, 5.74) is 8.00. The smallest absolute Gasteiger partial charge is 0.357 e. The summed E-state index contributed by atoms with van der Waals surface area (Å²) < 4.78 is 25.8. The van der Waals surface area contributed by atoms with E-state index in [2.05, 4.69) is 20.6 Å². The molecule has 0 atom stereocenters. The SMILES string of the molecule is N[C@H]1CC[C@H](Nc2nc(Nc3ccc(P(=O)(O)O)c(P(=O)(O)O)c3)c3ncn(CCc4cccc(O)c4)c3n2)CC1. The van der Waals surface area contributed by atoms with Crippen LogP contribution in [0.4, 0.5) is 17.5 Å². The number of anilines is 3. The van der Waals surface area contributed by atoms with Crippen molar-refractivity contribution in [3.8, 4) is 5.75 Å². The molecule has 2 heterocycles. The van der Waals surface area contributed by atoms with Crippen LogP contribution in [0.5, 0.6) is 5.75 Å². The van der Waals surface area contributed by atoms with Gasteiger partial charge in [0.05, 0.1) is 16.9 Å². The summed E-state index contributed by atoms with van der Waals surface area (Å²) in [5.74, 6) is 0.730. The van der Waals surface area contributed by atoms with Gasteiger partial charge in [0.1, 0.15) is 5.75 Å². The lowest BCUT2D eigenvalue weighted by atomic mass is 9.92. The fourth-order valence-electron chi connectivity index (χ4n) is 4.88. The molecular formula is C25H31N7O7P2. The highest BCUT2D eigenvalue weighted by Gasteiger charge is 2.31. The normalized spacial score (nSPS) is 18.0. The van der Waals surface area contributed by atoms with E-state index < -0.39 is 25.8 Å². The maximum absolute atomic E-state index is 12.1. The first-order chi connectivity index (χ1) is 19.4. The van der Waals surface area contributed by atoms with E-state index in [4.69, 9.17) is 10.7 Å². The summed E-state index contributed by atoms with van der Waals surface area (Å²) in [4.78, 5) is 52.5. The van der Waals surface area contributed by atoms with E-state index in [9.17, 15) is 33.8 Å². The van der Waals surface area contributed by atoms with Crippen LogP contribution in [0.1, 0.15) is 31.2 Å². The third-order valence-corrected chi connectivity index (χ3v) is 9.18. The number of benzene rings is 2. The number of nitrogens with two attached hydrogens (primary N) is 1. The van der Waals surface area contributed by atoms with Crippen LogP contribution in [0.2, 0.25) is 0 Å². The molecule has 0 amide bonds. The number of rotatable bonds is 9. The molecule has 16 heteroatoms. The summed E-state index contributed by atoms with van der Waals surface area (Å²) in [7, 11) is -9.99. The van der Waals surface area contributed by atoms with Crippen molar-refractivity contribution in [3.05, 3.63) is 54.4 Å². The van der Waals surface area contributed by atoms with Crippen molar-refractivity contribution in [3.63, 3.8) is 0 Å². The highest BCUT2D eigenvalue weighted by molar-refractivity contribution is 7.67. The van der Waals surface area contributed by atoms with Crippen molar-refractivity contribution in [2.24, 2.45) is 5.73 Å². The van der Waals surface area contributed by atoms with Gasteiger partial charge < -0.3 is 45.6 Å². The molecule has 4 aromatic rings. The van der Waals surface area contributed by atoms with E-state index in [-0.39, 0.29) is 29.3 Å². The van der Waals surface area contributed by atoms with Gasteiger partial charge in [-0.15, -0.1) is 0 Å². The predicted molar refractivity (Wildman–Crippen MR) is 154 cm³/mol. The van der Waals surface area contributed by atoms with Crippen molar-refractivity contribution >= 4 is 54.4 Å². The molecule has 0 radical (unpaired) electrons. The second kappa shape index (κ2) is 11.5. The maximum Gasteiger partial charge on any atom is 0.357 e. The highest BCUT2D eigenvalue weighted by Crippen LogP contribution is 2.41. The zero-order valence-electron chi connectivity index (χ0n) is 21.8. The van der Waals surface area contributed by atoms with Crippen molar-refractivity contribution < 1.29 is 33.8 Å². The van der Waals surface area contributed by atoms with Gasteiger partial charge in [-0.2, -0.15) is 9.97 Å². The molecule has 41 heavy (non-hydrogen) atoms. The number of nitrogens with one attached hydrogen (secondary N) is 2. The second-order valence-corrected chi connectivity index (χ2v) is 13.2. The Morgan fingerprint density at radius 3 is 2.37 bits per heavy atom. The van der Waals surface area contributed by atoms with Gasteiger partial charge in [-0.25, -0.2) is 4.98 Å². The summed E-state index contributed by atoms with van der Waals surface area (Å²) in [5, 5.41) is 14.6. The first kappa shape index (κ1) is 29.2. The monoisotopic (exact) mass is 603 g/mol. The third kappa shape index (κ3) is 6.94. The fraction of sp³-hybridized carbons (Fsp3) is 0.320. The Kier molecular flexibility index (Phi) is 8.18. The van der Waals surface area contributed by atoms with E-state index in [0.717, 1.165) is 43.4 Å². The summed E-state index contributed by atoms with van der Waals surface area (Å²) in [6, 6.07) is 10.5. The number of nitrogens with zero attached hydrogens (tertiary/aromatic N) is 4. The molecule has 0 bridgehead atoms. The maximum atomic E-state index is 12.1. The van der Waals surface area contributed by atoms with Gasteiger partial charge in [-0.1, -0.05) is 12.1 Å². The molecule has 9 N–H and O–H groups in total. The van der Waals surface area contributed by atoms with Gasteiger partial charge in [0.25, 0.3) is 0 Å². The van der Waals surface area contributed by atoms with Crippen LogP contribution in [0.3, 0.4) is 0 Å². The van der Waals surface area contributed by atoms with Crippen LogP contribution in [-0.2, 0) is 22.1 Å². The fourth-order valence-corrected chi connectivity index (χ4v) is 6.98. The highest BCUT2D eigenvalue weighted by atomic mass is 31.2. The first-order valence-corrected chi connectivity index (χ1v) is 16.2. The number of phenols is 1. The molecule has 1 aliphatic rings. The largest absolute Gasteiger partial charge is 0.508 e. The molecular weight excluding hydrogens is 572 g/mol. The van der Waals surface area contributed by atoms with E-state index in [1.165, 1.54) is 6.07 Å². The van der Waals surface area contributed by atoms with E-state index in [1.807, 2.05) is 10.6 Å². The number of fused-ring (bicyclic) bond motifs is 1. The molecule has 0 unspecified atom stereocenters. The zero-order valence-corrected chi connectivity index (χ0v) is 23.6. The van der Waals surface area contributed by atoms with Crippen LogP contribution in [0.15, 0.2) is 48.8 Å². The summed E-state index contributed by atoms with van der Waals surface area (Å²) in [6.45, 7) is 0.494. The average Bonchev–Trinajstić information content (AvgIpc) is 3.31. The molecule has 2 aromatic heterocycles. The molecule has 14 nitrogen and oxygen atoms in total. The standard InChI is InChI=1S/C25H31N7O7P2/c26-16-4-6-17(7-5-16)29-25-30-23(28-18-8-9-20(40(34,35)36)21(13-18)41(37,38)39)22-24(31-25)32(14-27-22)11-10-15-2-1-3-19(33)12-15/h1-3,8-9,12-14,16-17,33H,4-7,10-11,26H2,(H2,34,35,36)(H2,37,38,39)(H2,28,29,30,31)/t16-,17-. The number of imidazole rings is 1. The van der Waals surface area contributed by atoms with Crippen LogP contribution < -0.4 is 27.0 Å².